The van der Waals surface area contributed by atoms with Gasteiger partial charge in [-0.15, -0.1) is 0 Å². The van der Waals surface area contributed by atoms with Gasteiger partial charge in [0.15, 0.2) is 5.96 Å². The number of urea groups is 1. The summed E-state index contributed by atoms with van der Waals surface area (Å²) in [6.07, 6.45) is 0.912. The van der Waals surface area contributed by atoms with Crippen LogP contribution in [0, 0.1) is 6.92 Å². The van der Waals surface area contributed by atoms with Crippen molar-refractivity contribution in [3.05, 3.63) is 30.1 Å². The van der Waals surface area contributed by atoms with Gasteiger partial charge in [-0.25, -0.2) is 9.78 Å². The van der Waals surface area contributed by atoms with Crippen molar-refractivity contribution in [2.75, 3.05) is 33.2 Å². The maximum Gasteiger partial charge on any atom is 0.324 e. The zero-order chi connectivity index (χ0) is 19.2. The normalized spacial score (nSPS) is 14.7. The molecule has 0 unspecified atom stereocenters. The lowest BCUT2D eigenvalue weighted by Crippen LogP contribution is -2.43. The molecule has 27 heavy (non-hydrogen) atoms. The van der Waals surface area contributed by atoms with Crippen LogP contribution in [0.5, 0.6) is 0 Å². The lowest BCUT2D eigenvalue weighted by atomic mass is 10.3. The van der Waals surface area contributed by atoms with Gasteiger partial charge in [-0.2, -0.15) is 0 Å². The molecule has 3 rings (SSSR count). The average molecular weight is 371 g/mol. The number of amides is 3. The van der Waals surface area contributed by atoms with Crippen LogP contribution in [0.2, 0.25) is 0 Å². The first-order chi connectivity index (χ1) is 13.1. The fraction of sp³-hybridized carbons (Fsp3) is 0.444. The minimum Gasteiger partial charge on any atom is -0.356 e. The molecule has 0 aliphatic carbocycles. The van der Waals surface area contributed by atoms with Crippen LogP contribution in [-0.4, -0.2) is 65.6 Å². The predicted octanol–water partition coefficient (Wildman–Crippen LogP) is 0.452. The Labute approximate surface area is 157 Å². The van der Waals surface area contributed by atoms with E-state index in [0.717, 1.165) is 36.4 Å². The second-order valence-corrected chi connectivity index (χ2v) is 6.28. The number of hydrogen-bond donors (Lipinski definition) is 3. The minimum atomic E-state index is -0.340. The smallest absolute Gasteiger partial charge is 0.324 e. The molecule has 0 atom stereocenters. The molecule has 144 valence electrons. The Morgan fingerprint density at radius 1 is 1.22 bits per heavy atom. The third-order valence-electron chi connectivity index (χ3n) is 4.48. The molecule has 2 aromatic rings. The van der Waals surface area contributed by atoms with E-state index in [2.05, 4.69) is 36.6 Å². The standard InChI is InChI=1S/C18H25N7O2/c1-13-23-14-6-3-4-7-15(14)24(13)10-5-8-20-17(19-2)21-9-11-25-16(26)12-22-18(25)27/h3-4,6-7H,5,8-12H2,1-2H3,(H,22,27)(H2,19,20,21). The lowest BCUT2D eigenvalue weighted by Gasteiger charge is -2.15. The van der Waals surface area contributed by atoms with E-state index < -0.39 is 0 Å². The summed E-state index contributed by atoms with van der Waals surface area (Å²) in [5.74, 6) is 1.45. The second-order valence-electron chi connectivity index (χ2n) is 6.28. The Morgan fingerprint density at radius 3 is 2.74 bits per heavy atom. The predicted molar refractivity (Wildman–Crippen MR) is 104 cm³/mol. The van der Waals surface area contributed by atoms with Gasteiger partial charge >= 0.3 is 6.03 Å². The number of rotatable bonds is 7. The summed E-state index contributed by atoms with van der Waals surface area (Å²) in [5.41, 5.74) is 2.16. The summed E-state index contributed by atoms with van der Waals surface area (Å²) in [7, 11) is 1.69. The molecule has 2 heterocycles. The van der Waals surface area contributed by atoms with Crippen LogP contribution in [0.25, 0.3) is 11.0 Å². The molecule has 1 saturated heterocycles. The van der Waals surface area contributed by atoms with Crippen LogP contribution in [0.15, 0.2) is 29.3 Å². The minimum absolute atomic E-state index is 0.0775. The Hall–Kier alpha value is -3.10. The molecular weight excluding hydrogens is 346 g/mol. The number of para-hydroxylation sites is 2. The van der Waals surface area contributed by atoms with Gasteiger partial charge in [0.05, 0.1) is 17.6 Å². The first-order valence-corrected chi connectivity index (χ1v) is 9.04. The number of carbonyl (C=O) groups excluding carboxylic acids is 2. The molecule has 9 nitrogen and oxygen atoms in total. The fourth-order valence-corrected chi connectivity index (χ4v) is 3.11. The number of fused-ring (bicyclic) bond motifs is 1. The molecule has 1 aliphatic heterocycles. The summed E-state index contributed by atoms with van der Waals surface area (Å²) in [5, 5.41) is 8.87. The summed E-state index contributed by atoms with van der Waals surface area (Å²) in [6.45, 7) is 4.46. The number of aryl methyl sites for hydroxylation is 2. The van der Waals surface area contributed by atoms with Crippen molar-refractivity contribution in [2.24, 2.45) is 4.99 Å². The number of aliphatic imine (C=N–C) groups is 1. The molecule has 0 radical (unpaired) electrons. The van der Waals surface area contributed by atoms with E-state index in [9.17, 15) is 9.59 Å². The molecule has 3 N–H and O–H groups in total. The highest BCUT2D eigenvalue weighted by atomic mass is 16.2. The number of imidazole rings is 1. The van der Waals surface area contributed by atoms with Gasteiger partial charge in [0, 0.05) is 33.2 Å². The van der Waals surface area contributed by atoms with Gasteiger partial charge in [0.1, 0.15) is 5.82 Å². The monoisotopic (exact) mass is 371 g/mol. The summed E-state index contributed by atoms with van der Waals surface area (Å²) < 4.78 is 2.21. The van der Waals surface area contributed by atoms with Gasteiger partial charge in [-0.05, 0) is 25.5 Å². The fourth-order valence-electron chi connectivity index (χ4n) is 3.11. The van der Waals surface area contributed by atoms with Crippen LogP contribution in [0.3, 0.4) is 0 Å². The average Bonchev–Trinajstić information content (AvgIpc) is 3.16. The van der Waals surface area contributed by atoms with Gasteiger partial charge in [-0.3, -0.25) is 14.7 Å². The van der Waals surface area contributed by atoms with Crippen molar-refractivity contribution < 1.29 is 9.59 Å². The van der Waals surface area contributed by atoms with Crippen molar-refractivity contribution in [1.29, 1.82) is 0 Å². The number of guanidine groups is 1. The van der Waals surface area contributed by atoms with Crippen LogP contribution >= 0.6 is 0 Å². The van der Waals surface area contributed by atoms with Gasteiger partial charge < -0.3 is 20.5 Å². The SMILES string of the molecule is CN=C(NCCCn1c(C)nc2ccccc21)NCCN1C(=O)CNC1=O. The third kappa shape index (κ3) is 4.36. The van der Waals surface area contributed by atoms with Crippen LogP contribution < -0.4 is 16.0 Å². The number of aromatic nitrogens is 2. The molecule has 9 heteroatoms. The quantitative estimate of drug-likeness (QED) is 0.284. The van der Waals surface area contributed by atoms with Crippen LogP contribution in [-0.2, 0) is 11.3 Å². The molecule has 1 aromatic carbocycles. The molecule has 0 spiro atoms. The molecule has 3 amide bonds. The van der Waals surface area contributed by atoms with Crippen molar-refractivity contribution in [3.8, 4) is 0 Å². The van der Waals surface area contributed by atoms with E-state index in [4.69, 9.17) is 0 Å². The van der Waals surface area contributed by atoms with Crippen molar-refractivity contribution in [3.63, 3.8) is 0 Å². The molecule has 1 aromatic heterocycles. The van der Waals surface area contributed by atoms with Gasteiger partial charge in [-0.1, -0.05) is 12.1 Å². The van der Waals surface area contributed by atoms with Gasteiger partial charge in [0.2, 0.25) is 5.91 Å². The highest BCUT2D eigenvalue weighted by Crippen LogP contribution is 2.15. The van der Waals surface area contributed by atoms with Crippen molar-refractivity contribution >= 4 is 28.9 Å². The van der Waals surface area contributed by atoms with E-state index in [1.54, 1.807) is 7.05 Å². The number of hydrogen-bond acceptors (Lipinski definition) is 4. The molecule has 0 bridgehead atoms. The molecule has 0 saturated carbocycles. The highest BCUT2D eigenvalue weighted by Gasteiger charge is 2.27. The highest BCUT2D eigenvalue weighted by molar-refractivity contribution is 6.01. The Balaban J connectivity index is 1.41. The summed E-state index contributed by atoms with van der Waals surface area (Å²) in [6, 6.07) is 7.78. The van der Waals surface area contributed by atoms with E-state index in [1.807, 2.05) is 25.1 Å². The van der Waals surface area contributed by atoms with E-state index in [-0.39, 0.29) is 18.5 Å². The number of nitrogens with one attached hydrogen (secondary N) is 3. The van der Waals surface area contributed by atoms with E-state index >= 15 is 0 Å². The first-order valence-electron chi connectivity index (χ1n) is 9.04. The zero-order valence-corrected chi connectivity index (χ0v) is 15.7. The third-order valence-corrected chi connectivity index (χ3v) is 4.48. The van der Waals surface area contributed by atoms with Crippen LogP contribution in [0.1, 0.15) is 12.2 Å². The first kappa shape index (κ1) is 18.7. The van der Waals surface area contributed by atoms with Crippen molar-refractivity contribution in [2.45, 2.75) is 19.9 Å². The number of benzene rings is 1. The molecule has 1 fully saturated rings. The summed E-state index contributed by atoms with van der Waals surface area (Å²) in [4.78, 5) is 33.0. The van der Waals surface area contributed by atoms with Gasteiger partial charge in [0.25, 0.3) is 0 Å². The number of imide groups is 1. The summed E-state index contributed by atoms with van der Waals surface area (Å²) >= 11 is 0. The number of carbonyl (C=O) groups is 2. The van der Waals surface area contributed by atoms with Crippen LogP contribution in [0.4, 0.5) is 4.79 Å². The topological polar surface area (TPSA) is 104 Å². The number of nitrogens with zero attached hydrogens (tertiary/aromatic N) is 4. The van der Waals surface area contributed by atoms with E-state index in [1.165, 1.54) is 4.90 Å². The van der Waals surface area contributed by atoms with E-state index in [0.29, 0.717) is 19.0 Å². The Morgan fingerprint density at radius 2 is 2.00 bits per heavy atom. The Kier molecular flexibility index (Phi) is 5.90. The largest absolute Gasteiger partial charge is 0.356 e. The van der Waals surface area contributed by atoms with Crippen molar-refractivity contribution in [1.82, 2.24) is 30.4 Å². The second kappa shape index (κ2) is 8.52. The Bertz CT molecular complexity index is 843. The zero-order valence-electron chi connectivity index (χ0n) is 15.7. The molecular formula is C18H25N7O2. The maximum absolute atomic E-state index is 11.5. The lowest BCUT2D eigenvalue weighted by molar-refractivity contribution is -0.124. The maximum atomic E-state index is 11.5. The molecule has 1 aliphatic rings.